The second-order valence-corrected chi connectivity index (χ2v) is 9.87. The zero-order chi connectivity index (χ0) is 9.31. The summed E-state index contributed by atoms with van der Waals surface area (Å²) in [5.74, 6) is 2.42. The van der Waals surface area contributed by atoms with Gasteiger partial charge in [0.25, 0.3) is 0 Å². The van der Waals surface area contributed by atoms with Crippen LogP contribution in [0.25, 0.3) is 0 Å². The average molecular weight is 215 g/mol. The molecule has 0 spiro atoms. The van der Waals surface area contributed by atoms with Gasteiger partial charge in [0.2, 0.25) is 0 Å². The summed E-state index contributed by atoms with van der Waals surface area (Å²) < 4.78 is 0. The van der Waals surface area contributed by atoms with Crippen LogP contribution < -0.4 is 0 Å². The van der Waals surface area contributed by atoms with Crippen molar-refractivity contribution in [3.8, 4) is 0 Å². The molecule has 3 heteroatoms. The van der Waals surface area contributed by atoms with Gasteiger partial charge >= 0.3 is 0 Å². The summed E-state index contributed by atoms with van der Waals surface area (Å²) in [6, 6.07) is -1.04. The highest BCUT2D eigenvalue weighted by Gasteiger charge is 2.22. The fourth-order valence-corrected chi connectivity index (χ4v) is 4.57. The maximum Gasteiger partial charge on any atom is 0.0175 e. The van der Waals surface area contributed by atoms with Crippen LogP contribution >= 0.6 is 6.04 Å². The number of allylic oxidation sites excluding steroid dienone is 1. The second kappa shape index (κ2) is 3.74. The number of piperidine rings is 1. The van der Waals surface area contributed by atoms with Crippen LogP contribution in [0.5, 0.6) is 0 Å². The molecule has 13 heavy (non-hydrogen) atoms. The van der Waals surface area contributed by atoms with Crippen LogP contribution in [0.15, 0.2) is 11.5 Å². The minimum absolute atomic E-state index is 1.04. The molecule has 2 aliphatic rings. The summed E-state index contributed by atoms with van der Waals surface area (Å²) in [5.41, 5.74) is 1.57. The van der Waals surface area contributed by atoms with Crippen LogP contribution in [-0.4, -0.2) is 30.8 Å². The Balaban J connectivity index is 2.05. The van der Waals surface area contributed by atoms with Gasteiger partial charge in [0.15, 0.2) is 0 Å². The Morgan fingerprint density at radius 3 is 2.54 bits per heavy atom. The van der Waals surface area contributed by atoms with Gasteiger partial charge in [0.05, 0.1) is 0 Å². The summed E-state index contributed by atoms with van der Waals surface area (Å²) >= 11 is 5.56. The Kier molecular flexibility index (Phi) is 2.80. The Bertz CT molecular complexity index is 266. The lowest BCUT2D eigenvalue weighted by molar-refractivity contribution is 0.281. The zero-order valence-corrected chi connectivity index (χ0v) is 10.0. The maximum absolute atomic E-state index is 5.56. The van der Waals surface area contributed by atoms with Crippen molar-refractivity contribution in [1.82, 2.24) is 4.90 Å². The summed E-state index contributed by atoms with van der Waals surface area (Å²) in [5, 5.41) is 0. The molecule has 1 saturated heterocycles. The van der Waals surface area contributed by atoms with Crippen LogP contribution in [0.4, 0.5) is 0 Å². The molecule has 0 aliphatic carbocycles. The second-order valence-electron chi connectivity index (χ2n) is 4.32. The molecule has 2 heterocycles. The molecule has 0 amide bonds. The van der Waals surface area contributed by atoms with E-state index < -0.39 is 6.04 Å². The number of rotatable bonds is 1. The van der Waals surface area contributed by atoms with E-state index in [1.165, 1.54) is 44.9 Å². The summed E-state index contributed by atoms with van der Waals surface area (Å²) in [6.07, 6.45) is 6.71. The van der Waals surface area contributed by atoms with Gasteiger partial charge in [0.1, 0.15) is 0 Å². The van der Waals surface area contributed by atoms with E-state index in [4.69, 9.17) is 11.8 Å². The largest absolute Gasteiger partial charge is 0.375 e. The van der Waals surface area contributed by atoms with Crippen molar-refractivity contribution in [2.75, 3.05) is 25.9 Å². The Morgan fingerprint density at radius 1 is 1.31 bits per heavy atom. The van der Waals surface area contributed by atoms with Crippen LogP contribution in [0.1, 0.15) is 25.7 Å². The molecular formula is C10H18NPS. The Hall–Kier alpha value is 0.190. The smallest absolute Gasteiger partial charge is 0.0175 e. The maximum atomic E-state index is 5.56. The molecule has 2 rings (SSSR count). The molecule has 0 aromatic carbocycles. The quantitative estimate of drug-likeness (QED) is 0.619. The van der Waals surface area contributed by atoms with Gasteiger partial charge in [-0.1, -0.05) is 11.8 Å². The first kappa shape index (κ1) is 9.73. The first-order valence-corrected chi connectivity index (χ1v) is 8.71. The summed E-state index contributed by atoms with van der Waals surface area (Å²) in [6.45, 7) is 4.83. The minimum atomic E-state index is -1.04. The van der Waals surface area contributed by atoms with E-state index in [1.54, 1.807) is 5.70 Å². The van der Waals surface area contributed by atoms with Gasteiger partial charge in [-0.05, 0) is 50.4 Å². The van der Waals surface area contributed by atoms with E-state index in [0.717, 1.165) is 0 Å². The van der Waals surface area contributed by atoms with E-state index in [1.807, 2.05) is 0 Å². The lowest BCUT2D eigenvalue weighted by Crippen LogP contribution is -2.28. The SMILES string of the molecule is CP1(=S)C=C(N2CCCCC2)CC1. The van der Waals surface area contributed by atoms with Crippen LogP contribution in [0.2, 0.25) is 0 Å². The van der Waals surface area contributed by atoms with Crippen molar-refractivity contribution in [3.05, 3.63) is 11.5 Å². The molecule has 1 atom stereocenters. The van der Waals surface area contributed by atoms with Gasteiger partial charge in [-0.15, -0.1) is 0 Å². The van der Waals surface area contributed by atoms with Gasteiger partial charge in [0, 0.05) is 18.8 Å². The molecular weight excluding hydrogens is 197 g/mol. The monoisotopic (exact) mass is 215 g/mol. The highest BCUT2D eigenvalue weighted by atomic mass is 32.4. The average Bonchev–Trinajstić information content (AvgIpc) is 2.48. The molecule has 0 N–H and O–H groups in total. The third-order valence-electron chi connectivity index (χ3n) is 3.00. The molecule has 1 unspecified atom stereocenters. The summed E-state index contributed by atoms with van der Waals surface area (Å²) in [4.78, 5) is 2.57. The molecule has 1 nitrogen and oxygen atoms in total. The normalized spacial score (nSPS) is 34.8. The number of likely N-dealkylation sites (tertiary alicyclic amines) is 1. The van der Waals surface area contributed by atoms with E-state index in [9.17, 15) is 0 Å². The van der Waals surface area contributed by atoms with Gasteiger partial charge in [-0.25, -0.2) is 0 Å². The predicted octanol–water partition coefficient (Wildman–Crippen LogP) is 2.83. The lowest BCUT2D eigenvalue weighted by Gasteiger charge is -2.29. The molecule has 2 aliphatic heterocycles. The van der Waals surface area contributed by atoms with Crippen molar-refractivity contribution in [2.45, 2.75) is 25.7 Å². The highest BCUT2D eigenvalue weighted by Crippen LogP contribution is 2.51. The predicted molar refractivity (Wildman–Crippen MR) is 63.2 cm³/mol. The molecule has 0 saturated carbocycles. The van der Waals surface area contributed by atoms with Gasteiger partial charge in [-0.2, -0.15) is 0 Å². The third kappa shape index (κ3) is 2.35. The third-order valence-corrected chi connectivity index (χ3v) is 5.82. The van der Waals surface area contributed by atoms with E-state index in [-0.39, 0.29) is 0 Å². The first-order valence-electron chi connectivity index (χ1n) is 5.20. The molecule has 0 radical (unpaired) electrons. The van der Waals surface area contributed by atoms with Crippen molar-refractivity contribution < 1.29 is 0 Å². The van der Waals surface area contributed by atoms with Crippen molar-refractivity contribution >= 4 is 17.8 Å². The van der Waals surface area contributed by atoms with Gasteiger partial charge in [-0.3, -0.25) is 0 Å². The van der Waals surface area contributed by atoms with Crippen molar-refractivity contribution in [1.29, 1.82) is 0 Å². The Labute approximate surface area is 86.2 Å². The molecule has 0 aromatic rings. The lowest BCUT2D eigenvalue weighted by atomic mass is 10.1. The van der Waals surface area contributed by atoms with E-state index in [2.05, 4.69) is 17.4 Å². The standard InChI is InChI=1S/C10H18NPS/c1-12(13)8-5-10(9-12)11-6-3-2-4-7-11/h9H,2-8H2,1H3. The number of hydrogen-bond acceptors (Lipinski definition) is 2. The fourth-order valence-electron chi connectivity index (χ4n) is 2.20. The van der Waals surface area contributed by atoms with Gasteiger partial charge < -0.3 is 4.90 Å². The number of hydrogen-bond donors (Lipinski definition) is 0. The Morgan fingerprint density at radius 2 is 2.00 bits per heavy atom. The molecule has 74 valence electrons. The molecule has 0 bridgehead atoms. The van der Waals surface area contributed by atoms with Crippen molar-refractivity contribution in [3.63, 3.8) is 0 Å². The first-order chi connectivity index (χ1) is 6.17. The van der Waals surface area contributed by atoms with E-state index >= 15 is 0 Å². The minimum Gasteiger partial charge on any atom is -0.375 e. The van der Waals surface area contributed by atoms with Crippen LogP contribution in [0, 0.1) is 0 Å². The molecule has 1 fully saturated rings. The topological polar surface area (TPSA) is 3.24 Å². The van der Waals surface area contributed by atoms with Crippen LogP contribution in [0.3, 0.4) is 0 Å². The molecule has 0 aromatic heterocycles. The fraction of sp³-hybridized carbons (Fsp3) is 0.800. The number of nitrogens with zero attached hydrogens (tertiary/aromatic N) is 1. The van der Waals surface area contributed by atoms with Crippen molar-refractivity contribution in [2.24, 2.45) is 0 Å². The highest BCUT2D eigenvalue weighted by molar-refractivity contribution is 8.15. The zero-order valence-electron chi connectivity index (χ0n) is 8.33. The van der Waals surface area contributed by atoms with E-state index in [0.29, 0.717) is 0 Å². The van der Waals surface area contributed by atoms with Crippen LogP contribution in [-0.2, 0) is 11.8 Å². The summed E-state index contributed by atoms with van der Waals surface area (Å²) in [7, 11) is 0.